The van der Waals surface area contributed by atoms with Crippen molar-refractivity contribution in [1.82, 2.24) is 4.90 Å². The lowest BCUT2D eigenvalue weighted by atomic mass is 10.1. The van der Waals surface area contributed by atoms with Gasteiger partial charge in [-0.1, -0.05) is 12.1 Å². The highest BCUT2D eigenvalue weighted by Crippen LogP contribution is 2.10. The second kappa shape index (κ2) is 5.49. The smallest absolute Gasteiger partial charge is 0.409 e. The van der Waals surface area contributed by atoms with Gasteiger partial charge in [-0.25, -0.2) is 9.18 Å². The fraction of sp³-hybridized carbons (Fsp3) is 0.417. The fourth-order valence-electron chi connectivity index (χ4n) is 1.41. The molecule has 16 heavy (non-hydrogen) atoms. The molecule has 0 saturated carbocycles. The lowest BCUT2D eigenvalue weighted by Gasteiger charge is -2.15. The van der Waals surface area contributed by atoms with Crippen LogP contribution in [0.4, 0.5) is 9.18 Å². The molecule has 1 amide bonds. The zero-order valence-corrected chi connectivity index (χ0v) is 9.79. The molecule has 0 aliphatic heterocycles. The van der Waals surface area contributed by atoms with Crippen LogP contribution < -0.4 is 0 Å². The van der Waals surface area contributed by atoms with Gasteiger partial charge < -0.3 is 9.64 Å². The minimum Gasteiger partial charge on any atom is -0.453 e. The lowest BCUT2D eigenvalue weighted by molar-refractivity contribution is 0.134. The number of carbonyl (C=O) groups excluding carboxylic acids is 1. The second-order valence-corrected chi connectivity index (χ2v) is 3.73. The summed E-state index contributed by atoms with van der Waals surface area (Å²) in [6.07, 6.45) is 0.325. The van der Waals surface area contributed by atoms with Gasteiger partial charge in [0.1, 0.15) is 5.82 Å². The molecule has 0 atom stereocenters. The summed E-state index contributed by atoms with van der Waals surface area (Å²) in [6.45, 7) is 2.28. The Hall–Kier alpha value is -1.58. The predicted molar refractivity (Wildman–Crippen MR) is 59.9 cm³/mol. The molecule has 0 fully saturated rings. The van der Waals surface area contributed by atoms with Gasteiger partial charge in [0.15, 0.2) is 0 Å². The molecule has 3 nitrogen and oxygen atoms in total. The molecule has 0 bridgehead atoms. The van der Waals surface area contributed by atoms with Crippen molar-refractivity contribution in [1.29, 1.82) is 0 Å². The van der Waals surface area contributed by atoms with Crippen LogP contribution in [0.15, 0.2) is 18.2 Å². The number of carbonyl (C=O) groups is 1. The molecule has 0 heterocycles. The Morgan fingerprint density at radius 1 is 1.50 bits per heavy atom. The number of methoxy groups -OCH3 is 1. The van der Waals surface area contributed by atoms with Crippen LogP contribution >= 0.6 is 0 Å². The summed E-state index contributed by atoms with van der Waals surface area (Å²) in [5.74, 6) is -0.204. The quantitative estimate of drug-likeness (QED) is 0.790. The first kappa shape index (κ1) is 12.5. The van der Waals surface area contributed by atoms with Crippen LogP contribution in [-0.4, -0.2) is 31.7 Å². The van der Waals surface area contributed by atoms with Crippen molar-refractivity contribution >= 4 is 6.09 Å². The average molecular weight is 225 g/mol. The summed E-state index contributed by atoms with van der Waals surface area (Å²) in [6, 6.07) is 4.97. The number of hydrogen-bond acceptors (Lipinski definition) is 2. The van der Waals surface area contributed by atoms with E-state index in [1.165, 1.54) is 18.1 Å². The third-order valence-corrected chi connectivity index (χ3v) is 2.44. The molecule has 0 unspecified atom stereocenters. The number of aryl methyl sites for hydroxylation is 1. The summed E-state index contributed by atoms with van der Waals surface area (Å²) in [5, 5.41) is 0. The molecule has 1 rings (SSSR count). The largest absolute Gasteiger partial charge is 0.453 e. The Labute approximate surface area is 94.8 Å². The standard InChI is InChI=1S/C12H16FNO2/c1-9-8-10(4-5-11(9)13)6-7-14(2)12(15)16-3/h4-5,8H,6-7H2,1-3H3. The maximum atomic E-state index is 13.0. The molecule has 0 saturated heterocycles. The van der Waals surface area contributed by atoms with Gasteiger partial charge >= 0.3 is 6.09 Å². The molecule has 1 aromatic carbocycles. The summed E-state index contributed by atoms with van der Waals surface area (Å²) in [7, 11) is 3.02. The number of benzene rings is 1. The number of amides is 1. The maximum Gasteiger partial charge on any atom is 0.409 e. The summed E-state index contributed by atoms with van der Waals surface area (Å²) < 4.78 is 17.6. The van der Waals surface area contributed by atoms with Crippen molar-refractivity contribution in [2.75, 3.05) is 20.7 Å². The van der Waals surface area contributed by atoms with Gasteiger partial charge in [-0.2, -0.15) is 0 Å². The van der Waals surface area contributed by atoms with Crippen molar-refractivity contribution in [2.45, 2.75) is 13.3 Å². The lowest BCUT2D eigenvalue weighted by Crippen LogP contribution is -2.28. The topological polar surface area (TPSA) is 29.5 Å². The van der Waals surface area contributed by atoms with E-state index in [9.17, 15) is 9.18 Å². The maximum absolute atomic E-state index is 13.0. The third-order valence-electron chi connectivity index (χ3n) is 2.44. The summed E-state index contributed by atoms with van der Waals surface area (Å²) >= 11 is 0. The van der Waals surface area contributed by atoms with Crippen molar-refractivity contribution < 1.29 is 13.9 Å². The van der Waals surface area contributed by atoms with E-state index < -0.39 is 0 Å². The van der Waals surface area contributed by atoms with Crippen LogP contribution in [0.2, 0.25) is 0 Å². The number of hydrogen-bond donors (Lipinski definition) is 0. The second-order valence-electron chi connectivity index (χ2n) is 3.73. The molecule has 0 spiro atoms. The molecule has 0 aliphatic carbocycles. The van der Waals surface area contributed by atoms with E-state index in [-0.39, 0.29) is 11.9 Å². The molecule has 88 valence electrons. The van der Waals surface area contributed by atoms with Crippen LogP contribution in [-0.2, 0) is 11.2 Å². The van der Waals surface area contributed by atoms with E-state index in [2.05, 4.69) is 4.74 Å². The van der Waals surface area contributed by atoms with Crippen LogP contribution in [0, 0.1) is 12.7 Å². The minimum absolute atomic E-state index is 0.204. The molecule has 0 radical (unpaired) electrons. The fourth-order valence-corrected chi connectivity index (χ4v) is 1.41. The zero-order valence-electron chi connectivity index (χ0n) is 9.79. The van der Waals surface area contributed by atoms with Gasteiger partial charge in [-0.3, -0.25) is 0 Å². The van der Waals surface area contributed by atoms with Crippen molar-refractivity contribution in [2.24, 2.45) is 0 Å². The monoisotopic (exact) mass is 225 g/mol. The minimum atomic E-state index is -0.362. The number of likely N-dealkylation sites (N-methyl/N-ethyl adjacent to an activating group) is 1. The van der Waals surface area contributed by atoms with E-state index in [1.807, 2.05) is 0 Å². The normalized spacial score (nSPS) is 10.0. The zero-order chi connectivity index (χ0) is 12.1. The van der Waals surface area contributed by atoms with E-state index in [0.29, 0.717) is 18.5 Å². The Morgan fingerprint density at radius 2 is 2.19 bits per heavy atom. The first-order valence-electron chi connectivity index (χ1n) is 5.08. The Bertz CT molecular complexity index is 379. The Kier molecular flexibility index (Phi) is 4.28. The summed E-state index contributed by atoms with van der Waals surface area (Å²) in [5.41, 5.74) is 1.63. The highest BCUT2D eigenvalue weighted by molar-refractivity contribution is 5.66. The van der Waals surface area contributed by atoms with Crippen LogP contribution in [0.25, 0.3) is 0 Å². The molecule has 0 aromatic heterocycles. The predicted octanol–water partition coefficient (Wildman–Crippen LogP) is 2.37. The highest BCUT2D eigenvalue weighted by Gasteiger charge is 2.07. The van der Waals surface area contributed by atoms with Gasteiger partial charge in [0, 0.05) is 13.6 Å². The van der Waals surface area contributed by atoms with Crippen molar-refractivity contribution in [3.8, 4) is 0 Å². The number of nitrogens with zero attached hydrogens (tertiary/aromatic N) is 1. The Morgan fingerprint density at radius 3 is 2.75 bits per heavy atom. The van der Waals surface area contributed by atoms with Crippen molar-refractivity contribution in [3.63, 3.8) is 0 Å². The van der Waals surface area contributed by atoms with E-state index >= 15 is 0 Å². The van der Waals surface area contributed by atoms with Gasteiger partial charge in [0.05, 0.1) is 7.11 Å². The average Bonchev–Trinajstić information content (AvgIpc) is 2.29. The van der Waals surface area contributed by atoms with Crippen LogP contribution in [0.1, 0.15) is 11.1 Å². The van der Waals surface area contributed by atoms with Crippen LogP contribution in [0.3, 0.4) is 0 Å². The third kappa shape index (κ3) is 3.22. The van der Waals surface area contributed by atoms with Gasteiger partial charge in [-0.15, -0.1) is 0 Å². The highest BCUT2D eigenvalue weighted by atomic mass is 19.1. The van der Waals surface area contributed by atoms with E-state index in [0.717, 1.165) is 5.56 Å². The van der Waals surface area contributed by atoms with Crippen molar-refractivity contribution in [3.05, 3.63) is 35.1 Å². The van der Waals surface area contributed by atoms with Gasteiger partial charge in [0.2, 0.25) is 0 Å². The molecular formula is C12H16FNO2. The van der Waals surface area contributed by atoms with E-state index in [4.69, 9.17) is 0 Å². The SMILES string of the molecule is COC(=O)N(C)CCc1ccc(F)c(C)c1. The first-order valence-corrected chi connectivity index (χ1v) is 5.08. The molecule has 0 N–H and O–H groups in total. The Balaban J connectivity index is 2.55. The molecule has 1 aromatic rings. The van der Waals surface area contributed by atoms with Gasteiger partial charge in [0.25, 0.3) is 0 Å². The number of rotatable bonds is 3. The number of halogens is 1. The van der Waals surface area contributed by atoms with Crippen LogP contribution in [0.5, 0.6) is 0 Å². The number of ether oxygens (including phenoxy) is 1. The summed E-state index contributed by atoms with van der Waals surface area (Å²) in [4.78, 5) is 12.6. The molecule has 4 heteroatoms. The van der Waals surface area contributed by atoms with Gasteiger partial charge in [-0.05, 0) is 30.5 Å². The first-order chi connectivity index (χ1) is 7.54. The molecule has 0 aliphatic rings. The van der Waals surface area contributed by atoms with E-state index in [1.54, 1.807) is 26.1 Å². The molecular weight excluding hydrogens is 209 g/mol.